The van der Waals surface area contributed by atoms with Gasteiger partial charge in [-0.3, -0.25) is 14.5 Å². The summed E-state index contributed by atoms with van der Waals surface area (Å²) in [5.74, 6) is -0.526. The fraction of sp³-hybridized carbons (Fsp3) is 0.348. The van der Waals surface area contributed by atoms with Gasteiger partial charge in [0.05, 0.1) is 15.7 Å². The van der Waals surface area contributed by atoms with Crippen LogP contribution in [0.15, 0.2) is 50.6 Å². The molecule has 2 unspecified atom stereocenters. The van der Waals surface area contributed by atoms with Crippen molar-refractivity contribution in [3.63, 3.8) is 0 Å². The van der Waals surface area contributed by atoms with Crippen LogP contribution in [0.5, 0.6) is 0 Å². The van der Waals surface area contributed by atoms with E-state index >= 15 is 0 Å². The fourth-order valence-corrected chi connectivity index (χ4v) is 6.42. The highest BCUT2D eigenvalue weighted by Gasteiger charge is 2.40. The van der Waals surface area contributed by atoms with Crippen molar-refractivity contribution in [1.29, 1.82) is 0 Å². The third-order valence-corrected chi connectivity index (χ3v) is 9.16. The molecule has 1 amide bonds. The molecule has 1 aromatic carbocycles. The van der Waals surface area contributed by atoms with Crippen LogP contribution in [-0.4, -0.2) is 59.1 Å². The maximum atomic E-state index is 13.1. The molecule has 1 aliphatic heterocycles. The molecule has 2 aromatic rings. The first kappa shape index (κ1) is 24.6. The van der Waals surface area contributed by atoms with Gasteiger partial charge >= 0.3 is 5.97 Å². The number of sulfonamides is 1. The standard InChI is InChI=1S/C23H24N2O6S3/c1-24(2)34(29,30)18-9-6-14(7-10-18)19-11-8-17(31-19)13-20-21(26)25(23(32)33-20)16-5-3-4-15(12-16)22(27)28/h6-11,13,15-16H,3-5,12H2,1-2H3,(H,27,28)/b20-13+. The Morgan fingerprint density at radius 1 is 1.21 bits per heavy atom. The molecule has 1 saturated carbocycles. The van der Waals surface area contributed by atoms with E-state index in [4.69, 9.17) is 16.6 Å². The number of carbonyl (C=O) groups is 2. The third kappa shape index (κ3) is 4.83. The second-order valence-corrected chi connectivity index (χ2v) is 12.2. The number of carboxylic acid groups (broad SMARTS) is 1. The van der Waals surface area contributed by atoms with E-state index in [0.29, 0.717) is 39.2 Å². The molecule has 0 spiro atoms. The van der Waals surface area contributed by atoms with Gasteiger partial charge in [-0.05, 0) is 55.7 Å². The van der Waals surface area contributed by atoms with Gasteiger partial charge in [-0.25, -0.2) is 12.7 Å². The molecule has 1 aliphatic carbocycles. The number of thioether (sulfide) groups is 1. The summed E-state index contributed by atoms with van der Waals surface area (Å²) in [5.41, 5.74) is 0.701. The van der Waals surface area contributed by atoms with Crippen molar-refractivity contribution in [1.82, 2.24) is 9.21 Å². The zero-order valence-electron chi connectivity index (χ0n) is 18.6. The lowest BCUT2D eigenvalue weighted by Gasteiger charge is -2.32. The normalized spacial score (nSPS) is 22.7. The third-order valence-electron chi connectivity index (χ3n) is 6.00. The van der Waals surface area contributed by atoms with E-state index in [9.17, 15) is 23.1 Å². The smallest absolute Gasteiger partial charge is 0.306 e. The average molecular weight is 521 g/mol. The van der Waals surface area contributed by atoms with Crippen LogP contribution in [0.3, 0.4) is 0 Å². The molecule has 180 valence electrons. The Hall–Kier alpha value is -2.47. The van der Waals surface area contributed by atoms with Crippen LogP contribution in [0, 0.1) is 5.92 Å². The molecule has 2 fully saturated rings. The Morgan fingerprint density at radius 3 is 2.56 bits per heavy atom. The highest BCUT2D eigenvalue weighted by atomic mass is 32.2. The molecule has 1 aromatic heterocycles. The first-order chi connectivity index (χ1) is 16.1. The van der Waals surface area contributed by atoms with E-state index in [0.717, 1.165) is 17.1 Å². The number of thiocarbonyl (C=S) groups is 1. The van der Waals surface area contributed by atoms with Gasteiger partial charge < -0.3 is 9.52 Å². The lowest BCUT2D eigenvalue weighted by molar-refractivity contribution is -0.144. The molecule has 34 heavy (non-hydrogen) atoms. The largest absolute Gasteiger partial charge is 0.481 e. The molecule has 0 radical (unpaired) electrons. The number of amides is 1. The van der Waals surface area contributed by atoms with Gasteiger partial charge in [0.1, 0.15) is 15.8 Å². The van der Waals surface area contributed by atoms with Gasteiger partial charge in [0, 0.05) is 31.8 Å². The summed E-state index contributed by atoms with van der Waals surface area (Å²) in [6, 6.07) is 9.64. The molecular formula is C23H24N2O6S3. The first-order valence-corrected chi connectivity index (χ1v) is 13.4. The number of carbonyl (C=O) groups excluding carboxylic acids is 1. The fourth-order valence-electron chi connectivity index (χ4n) is 4.13. The summed E-state index contributed by atoms with van der Waals surface area (Å²) in [5, 5.41) is 9.36. The molecule has 11 heteroatoms. The highest BCUT2D eigenvalue weighted by molar-refractivity contribution is 8.26. The number of hydrogen-bond donors (Lipinski definition) is 1. The maximum Gasteiger partial charge on any atom is 0.306 e. The average Bonchev–Trinajstić information content (AvgIpc) is 3.38. The first-order valence-electron chi connectivity index (χ1n) is 10.7. The van der Waals surface area contributed by atoms with Gasteiger partial charge in [0.2, 0.25) is 10.0 Å². The predicted octanol–water partition coefficient (Wildman–Crippen LogP) is 4.04. The van der Waals surface area contributed by atoms with E-state index in [2.05, 4.69) is 0 Å². The Kier molecular flexibility index (Phi) is 6.99. The van der Waals surface area contributed by atoms with E-state index in [1.54, 1.807) is 35.2 Å². The summed E-state index contributed by atoms with van der Waals surface area (Å²) >= 11 is 6.62. The topological polar surface area (TPSA) is 108 Å². The van der Waals surface area contributed by atoms with E-state index < -0.39 is 21.9 Å². The second-order valence-electron chi connectivity index (χ2n) is 8.42. The van der Waals surface area contributed by atoms with Crippen molar-refractivity contribution in [3.05, 3.63) is 47.1 Å². The molecule has 8 nitrogen and oxygen atoms in total. The minimum absolute atomic E-state index is 0.185. The Morgan fingerprint density at radius 2 is 1.91 bits per heavy atom. The highest BCUT2D eigenvalue weighted by Crippen LogP contribution is 2.39. The summed E-state index contributed by atoms with van der Waals surface area (Å²) in [6.07, 6.45) is 4.13. The van der Waals surface area contributed by atoms with Crippen molar-refractivity contribution in [2.75, 3.05) is 14.1 Å². The molecule has 1 N–H and O–H groups in total. The Balaban J connectivity index is 1.51. The van der Waals surface area contributed by atoms with Crippen LogP contribution < -0.4 is 0 Å². The minimum Gasteiger partial charge on any atom is -0.481 e. The Labute approximate surface area is 207 Å². The number of benzene rings is 1. The second kappa shape index (κ2) is 9.65. The van der Waals surface area contributed by atoms with Crippen LogP contribution in [0.4, 0.5) is 0 Å². The number of carboxylic acids is 1. The van der Waals surface area contributed by atoms with Gasteiger partial charge in [0.25, 0.3) is 5.91 Å². The molecule has 2 atom stereocenters. The SMILES string of the molecule is CN(C)S(=O)(=O)c1ccc(-c2ccc(/C=C3/SC(=S)N(C4CCCC(C(=O)O)C4)C3=O)o2)cc1. The quantitative estimate of drug-likeness (QED) is 0.449. The zero-order valence-corrected chi connectivity index (χ0v) is 21.1. The number of hydrogen-bond acceptors (Lipinski definition) is 7. The van der Waals surface area contributed by atoms with Gasteiger partial charge in [-0.1, -0.05) is 30.4 Å². The van der Waals surface area contributed by atoms with Crippen molar-refractivity contribution in [2.45, 2.75) is 36.6 Å². The number of nitrogens with zero attached hydrogens (tertiary/aromatic N) is 2. The summed E-state index contributed by atoms with van der Waals surface area (Å²) in [6.45, 7) is 0. The van der Waals surface area contributed by atoms with Gasteiger partial charge in [-0.15, -0.1) is 0 Å². The van der Waals surface area contributed by atoms with Crippen LogP contribution >= 0.6 is 24.0 Å². The zero-order chi connectivity index (χ0) is 24.6. The molecule has 1 saturated heterocycles. The number of rotatable bonds is 6. The van der Waals surface area contributed by atoms with Gasteiger partial charge in [0.15, 0.2) is 0 Å². The van der Waals surface area contributed by atoms with Crippen LogP contribution in [0.1, 0.15) is 31.4 Å². The predicted molar refractivity (Wildman–Crippen MR) is 133 cm³/mol. The van der Waals surface area contributed by atoms with Gasteiger partial charge in [-0.2, -0.15) is 0 Å². The summed E-state index contributed by atoms with van der Waals surface area (Å²) in [4.78, 5) is 26.6. The molecular weight excluding hydrogens is 496 g/mol. The van der Waals surface area contributed by atoms with Crippen molar-refractivity contribution in [3.8, 4) is 11.3 Å². The van der Waals surface area contributed by atoms with E-state index in [1.807, 2.05) is 0 Å². The summed E-state index contributed by atoms with van der Waals surface area (Å²) < 4.78 is 31.9. The lowest BCUT2D eigenvalue weighted by Crippen LogP contribution is -2.42. The van der Waals surface area contributed by atoms with Crippen LogP contribution in [0.2, 0.25) is 0 Å². The monoisotopic (exact) mass is 520 g/mol. The molecule has 2 aliphatic rings. The number of furan rings is 1. The minimum atomic E-state index is -3.52. The Bertz CT molecular complexity index is 1260. The lowest BCUT2D eigenvalue weighted by atomic mass is 9.85. The summed E-state index contributed by atoms with van der Waals surface area (Å²) in [7, 11) is -0.566. The maximum absolute atomic E-state index is 13.1. The molecule has 0 bridgehead atoms. The molecule has 4 rings (SSSR count). The van der Waals surface area contributed by atoms with E-state index in [-0.39, 0.29) is 16.8 Å². The van der Waals surface area contributed by atoms with Crippen molar-refractivity contribution >= 4 is 56.3 Å². The van der Waals surface area contributed by atoms with Crippen LogP contribution in [-0.2, 0) is 19.6 Å². The van der Waals surface area contributed by atoms with Crippen molar-refractivity contribution < 1.29 is 27.5 Å². The number of aliphatic carboxylic acids is 1. The van der Waals surface area contributed by atoms with Crippen molar-refractivity contribution in [2.24, 2.45) is 5.92 Å². The van der Waals surface area contributed by atoms with Crippen LogP contribution in [0.25, 0.3) is 17.4 Å². The molecule has 2 heterocycles. The van der Waals surface area contributed by atoms with E-state index in [1.165, 1.54) is 38.0 Å².